The lowest BCUT2D eigenvalue weighted by molar-refractivity contribution is -0.130. The predicted molar refractivity (Wildman–Crippen MR) is 144 cm³/mol. The first-order valence-electron chi connectivity index (χ1n) is 11.5. The van der Waals surface area contributed by atoms with Crippen LogP contribution in [0.1, 0.15) is 17.3 Å². The van der Waals surface area contributed by atoms with Crippen molar-refractivity contribution in [3.8, 4) is 16.4 Å². The second-order valence-electron chi connectivity index (χ2n) is 8.41. The Kier molecular flexibility index (Phi) is 7.41. The molecule has 36 heavy (non-hydrogen) atoms. The Hall–Kier alpha value is -3.14. The number of rotatable bonds is 6. The number of aromatic nitrogens is 3. The van der Waals surface area contributed by atoms with Crippen molar-refractivity contribution in [3.05, 3.63) is 82.7 Å². The van der Waals surface area contributed by atoms with Gasteiger partial charge in [0.25, 0.3) is 5.91 Å². The van der Waals surface area contributed by atoms with Crippen molar-refractivity contribution < 1.29 is 9.59 Å². The van der Waals surface area contributed by atoms with Gasteiger partial charge in [0.2, 0.25) is 5.91 Å². The van der Waals surface area contributed by atoms with Gasteiger partial charge in [0.05, 0.1) is 21.2 Å². The molecule has 1 aliphatic rings. The number of hydrogen-bond acceptors (Lipinski definition) is 6. The molecule has 5 rings (SSSR count). The largest absolute Gasteiger partial charge is 0.338 e. The van der Waals surface area contributed by atoms with Gasteiger partial charge in [-0.2, -0.15) is 0 Å². The van der Waals surface area contributed by atoms with E-state index in [0.717, 1.165) is 16.4 Å². The molecule has 10 heteroatoms. The minimum absolute atomic E-state index is 0.0111. The lowest BCUT2D eigenvalue weighted by atomic mass is 10.1. The molecular weight excluding hydrogens is 514 g/mol. The van der Waals surface area contributed by atoms with Crippen LogP contribution in [-0.4, -0.2) is 67.8 Å². The Labute approximate surface area is 222 Å². The van der Waals surface area contributed by atoms with Crippen LogP contribution in [0.4, 0.5) is 0 Å². The number of piperazine rings is 1. The third-order valence-corrected chi connectivity index (χ3v) is 8.17. The van der Waals surface area contributed by atoms with Gasteiger partial charge in [-0.25, -0.2) is 0 Å². The maximum Gasteiger partial charge on any atom is 0.255 e. The highest BCUT2D eigenvalue weighted by Gasteiger charge is 2.31. The Balaban J connectivity index is 1.26. The number of carbonyl (C=O) groups excluding carboxylic acids is 2. The Morgan fingerprint density at radius 2 is 1.81 bits per heavy atom. The first kappa shape index (κ1) is 24.5. The summed E-state index contributed by atoms with van der Waals surface area (Å²) in [6.45, 7) is 3.37. The summed E-state index contributed by atoms with van der Waals surface area (Å²) in [7, 11) is 0. The van der Waals surface area contributed by atoms with Gasteiger partial charge in [-0.3, -0.25) is 14.2 Å². The molecule has 0 N–H and O–H groups in total. The second kappa shape index (κ2) is 10.9. The smallest absolute Gasteiger partial charge is 0.255 e. The van der Waals surface area contributed by atoms with Crippen molar-refractivity contribution in [2.24, 2.45) is 0 Å². The molecule has 4 aromatic rings. The van der Waals surface area contributed by atoms with Crippen LogP contribution in [-0.2, 0) is 4.79 Å². The van der Waals surface area contributed by atoms with E-state index in [4.69, 9.17) is 11.6 Å². The van der Waals surface area contributed by atoms with Crippen LogP contribution in [0.15, 0.2) is 77.3 Å². The van der Waals surface area contributed by atoms with Crippen LogP contribution < -0.4 is 0 Å². The van der Waals surface area contributed by atoms with E-state index in [9.17, 15) is 9.59 Å². The van der Waals surface area contributed by atoms with Gasteiger partial charge in [0.1, 0.15) is 0 Å². The van der Waals surface area contributed by atoms with Gasteiger partial charge < -0.3 is 9.80 Å². The zero-order valence-corrected chi connectivity index (χ0v) is 22.0. The average Bonchev–Trinajstić information content (AvgIpc) is 3.58. The number of thioether (sulfide) groups is 1. The normalized spacial score (nSPS) is 15.8. The van der Waals surface area contributed by atoms with Crippen molar-refractivity contribution >= 4 is 46.5 Å². The maximum atomic E-state index is 13.1. The Morgan fingerprint density at radius 1 is 1.03 bits per heavy atom. The van der Waals surface area contributed by atoms with Crippen LogP contribution in [0, 0.1) is 0 Å². The highest BCUT2D eigenvalue weighted by atomic mass is 35.5. The van der Waals surface area contributed by atoms with Crippen molar-refractivity contribution in [2.75, 3.05) is 25.4 Å². The number of hydrogen-bond donors (Lipinski definition) is 0. The number of benzene rings is 2. The molecule has 0 radical (unpaired) electrons. The van der Waals surface area contributed by atoms with Gasteiger partial charge >= 0.3 is 0 Å². The molecule has 1 saturated heterocycles. The third-order valence-electron chi connectivity index (χ3n) is 6.06. The summed E-state index contributed by atoms with van der Waals surface area (Å²) in [5.41, 5.74) is 1.43. The van der Waals surface area contributed by atoms with Crippen LogP contribution in [0.25, 0.3) is 16.4 Å². The highest BCUT2D eigenvalue weighted by Crippen LogP contribution is 2.30. The number of thiophene rings is 1. The average molecular weight is 538 g/mol. The molecular formula is C26H24ClN5O2S2. The lowest BCUT2D eigenvalue weighted by Crippen LogP contribution is -2.55. The van der Waals surface area contributed by atoms with E-state index < -0.39 is 0 Å². The van der Waals surface area contributed by atoms with E-state index in [0.29, 0.717) is 35.4 Å². The fourth-order valence-electron chi connectivity index (χ4n) is 4.23. The second-order valence-corrected chi connectivity index (χ2v) is 10.7. The first-order valence-corrected chi connectivity index (χ1v) is 13.8. The molecule has 2 amide bonds. The van der Waals surface area contributed by atoms with Gasteiger partial charge in [-0.05, 0) is 42.6 Å². The topological polar surface area (TPSA) is 71.3 Å². The number of nitrogens with zero attached hydrogens (tertiary/aromatic N) is 5. The van der Waals surface area contributed by atoms with E-state index in [1.807, 2.05) is 64.2 Å². The summed E-state index contributed by atoms with van der Waals surface area (Å²) in [6, 6.07) is 20.9. The minimum Gasteiger partial charge on any atom is -0.338 e. The molecule has 3 heterocycles. The quantitative estimate of drug-likeness (QED) is 0.319. The molecule has 1 unspecified atom stereocenters. The first-order chi connectivity index (χ1) is 17.5. The summed E-state index contributed by atoms with van der Waals surface area (Å²) in [5, 5.41) is 11.9. The fourth-order valence-corrected chi connectivity index (χ4v) is 6.00. The van der Waals surface area contributed by atoms with Crippen molar-refractivity contribution in [1.29, 1.82) is 0 Å². The van der Waals surface area contributed by atoms with Gasteiger partial charge in [0.15, 0.2) is 11.0 Å². The molecule has 1 atom stereocenters. The molecule has 1 aliphatic heterocycles. The lowest BCUT2D eigenvalue weighted by Gasteiger charge is -2.40. The standard InChI is InChI=1S/C26H24ClN5O2S2/c1-18-16-30(13-14-31(18)25(34)20-10-5-6-11-21(20)27)23(33)17-36-26-29-28-24(22-12-7-15-35-22)32(26)19-8-3-2-4-9-19/h2-12,15,18H,13-14,16-17H2,1H3. The van der Waals surface area contributed by atoms with Crippen molar-refractivity contribution in [1.82, 2.24) is 24.6 Å². The van der Waals surface area contributed by atoms with E-state index in [1.165, 1.54) is 11.8 Å². The van der Waals surface area contributed by atoms with Gasteiger partial charge in [0, 0.05) is 31.4 Å². The van der Waals surface area contributed by atoms with Crippen LogP contribution in [0.2, 0.25) is 5.02 Å². The number of carbonyl (C=O) groups is 2. The third kappa shape index (κ3) is 5.04. The summed E-state index contributed by atoms with van der Waals surface area (Å²) >= 11 is 9.20. The van der Waals surface area contributed by atoms with Crippen LogP contribution >= 0.6 is 34.7 Å². The monoisotopic (exact) mass is 537 g/mol. The molecule has 1 fully saturated rings. The molecule has 2 aromatic carbocycles. The van der Waals surface area contributed by atoms with Crippen LogP contribution in [0.3, 0.4) is 0 Å². The van der Waals surface area contributed by atoms with Crippen molar-refractivity contribution in [3.63, 3.8) is 0 Å². The van der Waals surface area contributed by atoms with E-state index in [1.54, 1.807) is 40.5 Å². The van der Waals surface area contributed by atoms with Gasteiger partial charge in [-0.1, -0.05) is 59.8 Å². The molecule has 0 spiro atoms. The summed E-state index contributed by atoms with van der Waals surface area (Å²) < 4.78 is 1.99. The predicted octanol–water partition coefficient (Wildman–Crippen LogP) is 5.11. The Bertz CT molecular complexity index is 1360. The number of para-hydroxylation sites is 1. The van der Waals surface area contributed by atoms with E-state index >= 15 is 0 Å². The maximum absolute atomic E-state index is 13.1. The molecule has 7 nitrogen and oxygen atoms in total. The van der Waals surface area contributed by atoms with Crippen LogP contribution in [0.5, 0.6) is 0 Å². The molecule has 0 bridgehead atoms. The molecule has 2 aromatic heterocycles. The van der Waals surface area contributed by atoms with Crippen molar-refractivity contribution in [2.45, 2.75) is 18.1 Å². The zero-order valence-electron chi connectivity index (χ0n) is 19.6. The highest BCUT2D eigenvalue weighted by molar-refractivity contribution is 7.99. The number of amides is 2. The fraction of sp³-hybridized carbons (Fsp3) is 0.231. The zero-order chi connectivity index (χ0) is 25.1. The minimum atomic E-state index is -0.116. The summed E-state index contributed by atoms with van der Waals surface area (Å²) in [4.78, 5) is 30.8. The van der Waals surface area contributed by atoms with E-state index in [2.05, 4.69) is 10.2 Å². The summed E-state index contributed by atoms with van der Waals surface area (Å²) in [5.74, 6) is 0.899. The number of halogens is 1. The molecule has 0 aliphatic carbocycles. The summed E-state index contributed by atoms with van der Waals surface area (Å²) in [6.07, 6.45) is 0. The SMILES string of the molecule is CC1CN(C(=O)CSc2nnc(-c3cccs3)n2-c2ccccc2)CCN1C(=O)c1ccccc1Cl. The Morgan fingerprint density at radius 3 is 2.53 bits per heavy atom. The van der Waals surface area contributed by atoms with Gasteiger partial charge in [-0.15, -0.1) is 21.5 Å². The molecule has 184 valence electrons. The molecule has 0 saturated carbocycles. The van der Waals surface area contributed by atoms with E-state index in [-0.39, 0.29) is 23.6 Å².